The Morgan fingerprint density at radius 2 is 1.48 bits per heavy atom. The third-order valence-corrected chi connectivity index (χ3v) is 13.7. The molecule has 2 heterocycles. The number of benzene rings is 3. The zero-order chi connectivity index (χ0) is 34.7. The van der Waals surface area contributed by atoms with Crippen LogP contribution in [-0.2, 0) is 18.7 Å². The van der Waals surface area contributed by atoms with Gasteiger partial charge in [-0.05, 0) is 59.5 Å². The Balaban J connectivity index is 1.43. The maximum atomic E-state index is 13.6. The summed E-state index contributed by atoms with van der Waals surface area (Å²) in [5, 5.41) is 4.83. The van der Waals surface area contributed by atoms with E-state index < -0.39 is 32.2 Å². The Kier molecular flexibility index (Phi) is 10.2. The molecule has 0 spiro atoms. The van der Waals surface area contributed by atoms with E-state index in [2.05, 4.69) is 80.7 Å². The van der Waals surface area contributed by atoms with Crippen molar-refractivity contribution in [3.05, 3.63) is 96.6 Å². The number of hydrogen-bond acceptors (Lipinski definition) is 6. The molecule has 1 N–H and O–H groups in total. The Labute approximate surface area is 285 Å². The van der Waals surface area contributed by atoms with Crippen LogP contribution in [0.5, 0.6) is 0 Å². The number of amides is 3. The molecule has 10 heteroatoms. The van der Waals surface area contributed by atoms with Gasteiger partial charge in [-0.15, -0.1) is 0 Å². The van der Waals surface area contributed by atoms with Crippen LogP contribution in [-0.4, -0.2) is 75.3 Å². The number of rotatable bonds is 9. The zero-order valence-electron chi connectivity index (χ0n) is 29.0. The first-order chi connectivity index (χ1) is 22.7. The predicted molar refractivity (Wildman–Crippen MR) is 191 cm³/mol. The van der Waals surface area contributed by atoms with Gasteiger partial charge in [-0.25, -0.2) is 9.59 Å². The molecule has 0 saturated carbocycles. The smallest absolute Gasteiger partial charge is 0.414 e. The molecule has 3 aromatic rings. The summed E-state index contributed by atoms with van der Waals surface area (Å²) in [4.78, 5) is 40.8. The average Bonchev–Trinajstić information content (AvgIpc) is 3.63. The second-order valence-electron chi connectivity index (χ2n) is 14.4. The normalized spacial score (nSPS) is 18.4. The summed E-state index contributed by atoms with van der Waals surface area (Å²) in [5.41, 5.74) is 1.94. The minimum atomic E-state index is -2.86. The van der Waals surface area contributed by atoms with Crippen molar-refractivity contribution in [1.82, 2.24) is 10.2 Å². The number of nitrogens with one attached hydrogen (secondary N) is 1. The lowest BCUT2D eigenvalue weighted by atomic mass is 10.1. The standard InChI is InChI=1S/C38H47N3O6Si/c1-27(42)39-23-32-25-41(35(43)46-32)30-20-18-28(19-21-30)29-22-31(40(24-29)36(44)47-37(2,3)4)26-45-48(38(5,6)7,33-14-10-8-11-15-33)34-16-12-9-13-17-34/h8-22,31-32H,23-26H2,1-7H3,(H,39,42)/t31-,32-/m0/s1. The second-order valence-corrected chi connectivity index (χ2v) is 18.7. The van der Waals surface area contributed by atoms with Crippen LogP contribution in [0.1, 0.15) is 54.0 Å². The van der Waals surface area contributed by atoms with Gasteiger partial charge in [0.25, 0.3) is 8.32 Å². The Bertz CT molecular complexity index is 1590. The van der Waals surface area contributed by atoms with Crippen molar-refractivity contribution >= 4 is 48.0 Å². The van der Waals surface area contributed by atoms with Crippen molar-refractivity contribution in [2.45, 2.75) is 71.3 Å². The molecule has 1 fully saturated rings. The highest BCUT2D eigenvalue weighted by atomic mass is 28.4. The van der Waals surface area contributed by atoms with Crippen LogP contribution in [0.15, 0.2) is 91.0 Å². The Morgan fingerprint density at radius 1 is 0.896 bits per heavy atom. The molecule has 0 unspecified atom stereocenters. The molecule has 0 bridgehead atoms. The van der Waals surface area contributed by atoms with E-state index >= 15 is 0 Å². The largest absolute Gasteiger partial charge is 0.444 e. The van der Waals surface area contributed by atoms with Crippen LogP contribution in [0.2, 0.25) is 5.04 Å². The van der Waals surface area contributed by atoms with E-state index in [4.69, 9.17) is 13.9 Å². The fourth-order valence-electron chi connectivity index (χ4n) is 6.45. The molecule has 3 aromatic carbocycles. The molecule has 2 aliphatic heterocycles. The summed E-state index contributed by atoms with van der Waals surface area (Å²) in [7, 11) is -2.86. The van der Waals surface area contributed by atoms with Crippen molar-refractivity contribution in [3.8, 4) is 0 Å². The molecule has 0 radical (unpaired) electrons. The molecular weight excluding hydrogens is 623 g/mol. The highest BCUT2D eigenvalue weighted by molar-refractivity contribution is 6.99. The van der Waals surface area contributed by atoms with Crippen LogP contribution in [0.3, 0.4) is 0 Å². The molecule has 0 aliphatic carbocycles. The van der Waals surface area contributed by atoms with E-state index in [-0.39, 0.29) is 23.5 Å². The van der Waals surface area contributed by atoms with Crippen LogP contribution >= 0.6 is 0 Å². The summed E-state index contributed by atoms with van der Waals surface area (Å²) in [5.74, 6) is -0.172. The van der Waals surface area contributed by atoms with E-state index in [0.29, 0.717) is 25.4 Å². The molecule has 2 aliphatic rings. The summed E-state index contributed by atoms with van der Waals surface area (Å²) in [6.07, 6.45) is 0.836. The summed E-state index contributed by atoms with van der Waals surface area (Å²) >= 11 is 0. The fourth-order valence-corrected chi connectivity index (χ4v) is 11.0. The third-order valence-electron chi connectivity index (χ3n) is 8.65. The van der Waals surface area contributed by atoms with E-state index in [1.165, 1.54) is 17.3 Å². The molecule has 2 atom stereocenters. The van der Waals surface area contributed by atoms with Gasteiger partial charge in [-0.2, -0.15) is 0 Å². The quantitative estimate of drug-likeness (QED) is 0.293. The van der Waals surface area contributed by atoms with Gasteiger partial charge in [0.15, 0.2) is 0 Å². The number of nitrogens with zero attached hydrogens (tertiary/aromatic N) is 2. The summed E-state index contributed by atoms with van der Waals surface area (Å²) < 4.78 is 18.6. The SMILES string of the molecule is CC(=O)NC[C@H]1CN(c2ccc(C3=C[C@@H](CO[Si](c4ccccc4)(c4ccccc4)C(C)(C)C)N(C(=O)OC(C)(C)C)C3)cc2)C(=O)O1. The van der Waals surface area contributed by atoms with Crippen LogP contribution < -0.4 is 20.6 Å². The topological polar surface area (TPSA) is 97.4 Å². The van der Waals surface area contributed by atoms with Gasteiger partial charge < -0.3 is 19.2 Å². The second kappa shape index (κ2) is 14.0. The highest BCUT2D eigenvalue weighted by Gasteiger charge is 2.51. The lowest BCUT2D eigenvalue weighted by Crippen LogP contribution is -2.67. The minimum Gasteiger partial charge on any atom is -0.444 e. The summed E-state index contributed by atoms with van der Waals surface area (Å²) in [6, 6.07) is 28.2. The van der Waals surface area contributed by atoms with Crippen molar-refractivity contribution in [2.75, 3.05) is 31.1 Å². The number of ether oxygens (including phenoxy) is 2. The van der Waals surface area contributed by atoms with Gasteiger partial charge >= 0.3 is 12.2 Å². The number of cyclic esters (lactones) is 1. The van der Waals surface area contributed by atoms with E-state index in [9.17, 15) is 14.4 Å². The maximum Gasteiger partial charge on any atom is 0.414 e. The molecule has 254 valence electrons. The van der Waals surface area contributed by atoms with E-state index in [1.54, 1.807) is 9.80 Å². The Morgan fingerprint density at radius 3 is 2.00 bits per heavy atom. The van der Waals surface area contributed by atoms with Gasteiger partial charge in [0.1, 0.15) is 11.7 Å². The van der Waals surface area contributed by atoms with Gasteiger partial charge in [-0.3, -0.25) is 14.6 Å². The van der Waals surface area contributed by atoms with Crippen LogP contribution in [0, 0.1) is 0 Å². The number of hydrogen-bond donors (Lipinski definition) is 1. The molecule has 5 rings (SSSR count). The average molecular weight is 670 g/mol. The van der Waals surface area contributed by atoms with Crippen molar-refractivity contribution in [2.24, 2.45) is 0 Å². The number of carbonyl (C=O) groups is 3. The highest BCUT2D eigenvalue weighted by Crippen LogP contribution is 2.38. The lowest BCUT2D eigenvalue weighted by molar-refractivity contribution is -0.119. The lowest BCUT2D eigenvalue weighted by Gasteiger charge is -2.44. The van der Waals surface area contributed by atoms with Gasteiger partial charge in [0.2, 0.25) is 5.91 Å². The van der Waals surface area contributed by atoms with Gasteiger partial charge in [0.05, 0.1) is 32.3 Å². The van der Waals surface area contributed by atoms with Gasteiger partial charge in [0, 0.05) is 12.6 Å². The molecule has 48 heavy (non-hydrogen) atoms. The minimum absolute atomic E-state index is 0.172. The summed E-state index contributed by atoms with van der Waals surface area (Å²) in [6.45, 7) is 15.0. The Hall–Kier alpha value is -4.41. The number of carbonyl (C=O) groups excluding carboxylic acids is 3. The molecule has 1 saturated heterocycles. The maximum absolute atomic E-state index is 13.6. The van der Waals surface area contributed by atoms with E-state index in [1.807, 2.05) is 57.2 Å². The first kappa shape index (κ1) is 34.9. The zero-order valence-corrected chi connectivity index (χ0v) is 30.0. The first-order valence-corrected chi connectivity index (χ1v) is 18.4. The first-order valence-electron chi connectivity index (χ1n) is 16.5. The molecule has 9 nitrogen and oxygen atoms in total. The third kappa shape index (κ3) is 7.66. The number of anilines is 1. The van der Waals surface area contributed by atoms with Crippen molar-refractivity contribution < 1.29 is 28.3 Å². The molecular formula is C38H47N3O6Si. The van der Waals surface area contributed by atoms with Crippen LogP contribution in [0.25, 0.3) is 5.57 Å². The van der Waals surface area contributed by atoms with Crippen molar-refractivity contribution in [1.29, 1.82) is 0 Å². The van der Waals surface area contributed by atoms with Crippen LogP contribution in [0.4, 0.5) is 15.3 Å². The van der Waals surface area contributed by atoms with E-state index in [0.717, 1.165) is 11.1 Å². The predicted octanol–water partition coefficient (Wildman–Crippen LogP) is 5.73. The monoisotopic (exact) mass is 669 g/mol. The fraction of sp³-hybridized carbons (Fsp3) is 0.395. The molecule has 0 aromatic heterocycles. The van der Waals surface area contributed by atoms with Crippen molar-refractivity contribution in [3.63, 3.8) is 0 Å². The molecule has 3 amide bonds. The van der Waals surface area contributed by atoms with Gasteiger partial charge in [-0.1, -0.05) is 99.6 Å².